The summed E-state index contributed by atoms with van der Waals surface area (Å²) in [5.41, 5.74) is 6.63. The largest absolute Gasteiger partial charge is 0.508 e. The van der Waals surface area contributed by atoms with Gasteiger partial charge in [-0.3, -0.25) is 0 Å². The van der Waals surface area contributed by atoms with Crippen LogP contribution >= 0.6 is 12.4 Å². The molecule has 0 spiro atoms. The zero-order valence-electron chi connectivity index (χ0n) is 7.60. The summed E-state index contributed by atoms with van der Waals surface area (Å²) < 4.78 is 0. The zero-order chi connectivity index (χ0) is 9.26. The number of phenols is 1. The fourth-order valence-electron chi connectivity index (χ4n) is 1.41. The van der Waals surface area contributed by atoms with Gasteiger partial charge in [-0.15, -0.1) is 12.4 Å². The van der Waals surface area contributed by atoms with Crippen LogP contribution in [0.2, 0.25) is 0 Å². The molecule has 0 radical (unpaired) electrons. The molecule has 3 N–H and O–H groups in total. The van der Waals surface area contributed by atoms with E-state index in [1.54, 1.807) is 12.1 Å². The summed E-state index contributed by atoms with van der Waals surface area (Å²) in [5.74, 6) is 0.299. The monoisotopic (exact) mass is 209 g/mol. The molecule has 0 saturated carbocycles. The number of benzene rings is 2. The maximum absolute atomic E-state index is 9.23. The van der Waals surface area contributed by atoms with E-state index in [2.05, 4.69) is 0 Å². The fourth-order valence-corrected chi connectivity index (χ4v) is 1.41. The molecular weight excluding hydrogens is 198 g/mol. The summed E-state index contributed by atoms with van der Waals surface area (Å²) in [6, 6.07) is 11.3. The van der Waals surface area contributed by atoms with E-state index >= 15 is 0 Å². The Morgan fingerprint density at radius 3 is 2.36 bits per heavy atom. The highest BCUT2D eigenvalue weighted by Crippen LogP contribution is 2.20. The molecule has 0 amide bonds. The number of fused-ring (bicyclic) bond motifs is 1. The summed E-state index contributed by atoms with van der Waals surface area (Å²) >= 11 is 0. The Morgan fingerprint density at radius 1 is 1.00 bits per heavy atom. The van der Waals surface area contributed by atoms with E-state index in [1.165, 1.54) is 0 Å². The Hall–Kier alpha value is -1.25. The molecule has 2 aromatic carbocycles. The number of hydrogen-bond acceptors (Lipinski definition) is 2. The van der Waals surface area contributed by atoms with E-state index in [4.69, 9.17) is 5.73 Å². The summed E-state index contributed by atoms with van der Waals surface area (Å²) in [6.07, 6.45) is 0. The second-order valence-corrected chi connectivity index (χ2v) is 3.07. The summed E-state index contributed by atoms with van der Waals surface area (Å²) in [5, 5.41) is 11.4. The van der Waals surface area contributed by atoms with Crippen molar-refractivity contribution in [3.63, 3.8) is 0 Å². The molecular formula is C11H12ClNO. The molecule has 3 heteroatoms. The van der Waals surface area contributed by atoms with Gasteiger partial charge in [0.1, 0.15) is 5.75 Å². The Balaban J connectivity index is 0.000000980. The van der Waals surface area contributed by atoms with Crippen LogP contribution in [0, 0.1) is 0 Å². The van der Waals surface area contributed by atoms with Crippen molar-refractivity contribution in [2.75, 3.05) is 0 Å². The lowest BCUT2D eigenvalue weighted by molar-refractivity contribution is 0.476. The number of halogens is 1. The van der Waals surface area contributed by atoms with Crippen LogP contribution in [0.4, 0.5) is 0 Å². The van der Waals surface area contributed by atoms with Gasteiger partial charge in [0, 0.05) is 6.54 Å². The molecule has 0 aliphatic heterocycles. The topological polar surface area (TPSA) is 46.2 Å². The normalized spacial score (nSPS) is 9.79. The highest BCUT2D eigenvalue weighted by atomic mass is 35.5. The van der Waals surface area contributed by atoms with Crippen LogP contribution in [0.15, 0.2) is 36.4 Å². The minimum Gasteiger partial charge on any atom is -0.508 e. The highest BCUT2D eigenvalue weighted by Gasteiger charge is 1.95. The van der Waals surface area contributed by atoms with E-state index in [1.807, 2.05) is 24.3 Å². The first-order valence-corrected chi connectivity index (χ1v) is 4.21. The summed E-state index contributed by atoms with van der Waals surface area (Å²) in [6.45, 7) is 0.552. The van der Waals surface area contributed by atoms with Crippen molar-refractivity contribution < 1.29 is 5.11 Å². The van der Waals surface area contributed by atoms with Crippen molar-refractivity contribution in [2.24, 2.45) is 5.73 Å². The van der Waals surface area contributed by atoms with E-state index < -0.39 is 0 Å². The van der Waals surface area contributed by atoms with Crippen molar-refractivity contribution >= 4 is 23.2 Å². The van der Waals surface area contributed by atoms with Gasteiger partial charge in [-0.2, -0.15) is 0 Å². The first-order chi connectivity index (χ1) is 6.29. The molecule has 2 aromatic rings. The van der Waals surface area contributed by atoms with Gasteiger partial charge in [-0.05, 0) is 34.5 Å². The van der Waals surface area contributed by atoms with Crippen LogP contribution in [-0.4, -0.2) is 5.11 Å². The molecule has 14 heavy (non-hydrogen) atoms. The van der Waals surface area contributed by atoms with Crippen molar-refractivity contribution in [1.82, 2.24) is 0 Å². The number of aromatic hydroxyl groups is 1. The molecule has 0 aromatic heterocycles. The van der Waals surface area contributed by atoms with Gasteiger partial charge in [-0.1, -0.05) is 18.2 Å². The first kappa shape index (κ1) is 10.8. The van der Waals surface area contributed by atoms with Crippen molar-refractivity contribution in [1.29, 1.82) is 0 Å². The van der Waals surface area contributed by atoms with Gasteiger partial charge in [0.2, 0.25) is 0 Å². The number of hydrogen-bond donors (Lipinski definition) is 2. The smallest absolute Gasteiger partial charge is 0.116 e. The fraction of sp³-hybridized carbons (Fsp3) is 0.0909. The van der Waals surface area contributed by atoms with E-state index in [0.717, 1.165) is 16.3 Å². The van der Waals surface area contributed by atoms with Crippen LogP contribution in [0.1, 0.15) is 5.56 Å². The van der Waals surface area contributed by atoms with Gasteiger partial charge in [-0.25, -0.2) is 0 Å². The van der Waals surface area contributed by atoms with Gasteiger partial charge >= 0.3 is 0 Å². The van der Waals surface area contributed by atoms with Gasteiger partial charge in [0.25, 0.3) is 0 Å². The molecule has 2 rings (SSSR count). The summed E-state index contributed by atoms with van der Waals surface area (Å²) in [7, 11) is 0. The van der Waals surface area contributed by atoms with Crippen LogP contribution in [0.5, 0.6) is 5.75 Å². The molecule has 0 heterocycles. The molecule has 0 saturated heterocycles. The molecule has 0 bridgehead atoms. The molecule has 0 atom stereocenters. The number of nitrogens with two attached hydrogens (primary N) is 1. The minimum atomic E-state index is 0. The Morgan fingerprint density at radius 2 is 1.64 bits per heavy atom. The maximum Gasteiger partial charge on any atom is 0.116 e. The van der Waals surface area contributed by atoms with Gasteiger partial charge in [0.05, 0.1) is 0 Å². The van der Waals surface area contributed by atoms with E-state index in [0.29, 0.717) is 12.3 Å². The number of phenolic OH excluding ortho intramolecular Hbond substituents is 1. The maximum atomic E-state index is 9.23. The number of rotatable bonds is 1. The third-order valence-corrected chi connectivity index (χ3v) is 2.12. The third-order valence-electron chi connectivity index (χ3n) is 2.12. The van der Waals surface area contributed by atoms with Gasteiger partial charge < -0.3 is 10.8 Å². The van der Waals surface area contributed by atoms with Crippen molar-refractivity contribution in [3.05, 3.63) is 42.0 Å². The second-order valence-electron chi connectivity index (χ2n) is 3.07. The molecule has 0 fully saturated rings. The van der Waals surface area contributed by atoms with Crippen LogP contribution < -0.4 is 5.73 Å². The zero-order valence-corrected chi connectivity index (χ0v) is 8.42. The standard InChI is InChI=1S/C11H11NO.ClH/c12-7-8-1-2-10-6-11(13)4-3-9(10)5-8;/h1-6,13H,7,12H2;1H. The summed E-state index contributed by atoms with van der Waals surface area (Å²) in [4.78, 5) is 0. The van der Waals surface area contributed by atoms with E-state index in [-0.39, 0.29) is 12.4 Å². The molecule has 0 aliphatic carbocycles. The minimum absolute atomic E-state index is 0. The molecule has 2 nitrogen and oxygen atoms in total. The average molecular weight is 210 g/mol. The Labute approximate surface area is 88.8 Å². The second kappa shape index (κ2) is 4.31. The van der Waals surface area contributed by atoms with Crippen molar-refractivity contribution in [3.8, 4) is 5.75 Å². The third kappa shape index (κ3) is 1.97. The van der Waals surface area contributed by atoms with Gasteiger partial charge in [0.15, 0.2) is 0 Å². The molecule has 74 valence electrons. The predicted octanol–water partition coefficient (Wildman–Crippen LogP) is 2.43. The average Bonchev–Trinajstić information content (AvgIpc) is 2.17. The predicted molar refractivity (Wildman–Crippen MR) is 60.8 cm³/mol. The van der Waals surface area contributed by atoms with Crippen LogP contribution in [-0.2, 0) is 6.54 Å². The van der Waals surface area contributed by atoms with Crippen LogP contribution in [0.25, 0.3) is 10.8 Å². The highest BCUT2D eigenvalue weighted by molar-refractivity contribution is 5.85. The first-order valence-electron chi connectivity index (χ1n) is 4.21. The molecule has 0 unspecified atom stereocenters. The van der Waals surface area contributed by atoms with E-state index in [9.17, 15) is 5.11 Å². The SMILES string of the molecule is Cl.NCc1ccc2cc(O)ccc2c1. The lowest BCUT2D eigenvalue weighted by Crippen LogP contribution is -1.95. The van der Waals surface area contributed by atoms with Crippen LogP contribution in [0.3, 0.4) is 0 Å². The lowest BCUT2D eigenvalue weighted by Gasteiger charge is -2.01. The Bertz CT molecular complexity index is 442. The Kier molecular flexibility index (Phi) is 3.33. The van der Waals surface area contributed by atoms with Crippen molar-refractivity contribution in [2.45, 2.75) is 6.54 Å². The quantitative estimate of drug-likeness (QED) is 0.758. The lowest BCUT2D eigenvalue weighted by atomic mass is 10.1. The molecule has 0 aliphatic rings.